The molecule has 2 aromatic rings. The van der Waals surface area contributed by atoms with Gasteiger partial charge in [0.2, 0.25) is 0 Å². The lowest BCUT2D eigenvalue weighted by Crippen LogP contribution is -2.58. The third kappa shape index (κ3) is 6.03. The molecule has 2 N–H and O–H groups in total. The Morgan fingerprint density at radius 1 is 1.10 bits per heavy atom. The molecule has 1 aliphatic carbocycles. The zero-order valence-electron chi connectivity index (χ0n) is 24.3. The van der Waals surface area contributed by atoms with Crippen LogP contribution in [0.15, 0.2) is 41.5 Å². The second-order valence-electron chi connectivity index (χ2n) is 12.8. The fourth-order valence-corrected chi connectivity index (χ4v) is 7.46. The Hall–Kier alpha value is -2.19. The highest BCUT2D eigenvalue weighted by Gasteiger charge is 2.47. The van der Waals surface area contributed by atoms with Gasteiger partial charge in [0, 0.05) is 56.6 Å². The predicted octanol–water partition coefficient (Wildman–Crippen LogP) is 4.52. The average molecular weight is 565 g/mol. The number of piperazine rings is 1. The maximum Gasteiger partial charge on any atom is 0.147 e. The number of likely N-dealkylation sites (tertiary alicyclic amines) is 1. The Labute approximate surface area is 244 Å². The minimum absolute atomic E-state index is 0.398. The van der Waals surface area contributed by atoms with E-state index in [-0.39, 0.29) is 0 Å². The van der Waals surface area contributed by atoms with Gasteiger partial charge in [-0.25, -0.2) is 4.98 Å². The topological polar surface area (TPSA) is 67.2 Å². The summed E-state index contributed by atoms with van der Waals surface area (Å²) in [5.74, 6) is 2.72. The van der Waals surface area contributed by atoms with Gasteiger partial charge in [0.25, 0.3) is 0 Å². The molecule has 2 saturated heterocycles. The number of aromatic nitrogens is 1. The molecule has 3 atom stereocenters. The van der Waals surface area contributed by atoms with Crippen molar-refractivity contribution in [3.8, 4) is 0 Å². The van der Waals surface area contributed by atoms with E-state index in [1.165, 1.54) is 24.0 Å². The second kappa shape index (κ2) is 11.6. The van der Waals surface area contributed by atoms with Crippen LogP contribution in [0.25, 0.3) is 0 Å². The maximum absolute atomic E-state index is 10.3. The number of aliphatic imine (C=N–C) groups is 1. The summed E-state index contributed by atoms with van der Waals surface area (Å²) < 4.78 is 0. The van der Waals surface area contributed by atoms with Crippen LogP contribution >= 0.6 is 11.6 Å². The fraction of sp³-hybridized carbons (Fsp3) is 0.625. The molecule has 6 rings (SSSR count). The molecular formula is C32H45ClN6O. The smallest absolute Gasteiger partial charge is 0.147 e. The van der Waals surface area contributed by atoms with E-state index in [1.54, 1.807) is 0 Å². The van der Waals surface area contributed by atoms with Crippen molar-refractivity contribution in [2.24, 2.45) is 10.9 Å². The van der Waals surface area contributed by atoms with Gasteiger partial charge < -0.3 is 15.3 Å². The lowest BCUT2D eigenvalue weighted by atomic mass is 9.97. The summed E-state index contributed by atoms with van der Waals surface area (Å²) >= 11 is 6.73. The number of amidine groups is 1. The van der Waals surface area contributed by atoms with Crippen molar-refractivity contribution in [3.05, 3.63) is 58.2 Å². The monoisotopic (exact) mass is 564 g/mol. The molecule has 40 heavy (non-hydrogen) atoms. The Balaban J connectivity index is 1.00. The third-order valence-electron chi connectivity index (χ3n) is 9.61. The zero-order chi connectivity index (χ0) is 27.9. The number of anilines is 1. The lowest BCUT2D eigenvalue weighted by molar-refractivity contribution is 0.0546. The summed E-state index contributed by atoms with van der Waals surface area (Å²) in [6, 6.07) is 12.4. The molecule has 3 fully saturated rings. The first-order chi connectivity index (χ1) is 19.3. The van der Waals surface area contributed by atoms with Gasteiger partial charge in [0.05, 0.1) is 17.2 Å². The van der Waals surface area contributed by atoms with Crippen LogP contribution < -0.4 is 10.2 Å². The summed E-state index contributed by atoms with van der Waals surface area (Å²) in [5.41, 5.74) is 3.18. The van der Waals surface area contributed by atoms with Gasteiger partial charge in [0.1, 0.15) is 11.7 Å². The summed E-state index contributed by atoms with van der Waals surface area (Å²) in [6.07, 6.45) is 6.61. The van der Waals surface area contributed by atoms with Crippen molar-refractivity contribution < 1.29 is 5.11 Å². The highest BCUT2D eigenvalue weighted by Crippen LogP contribution is 2.53. The zero-order valence-corrected chi connectivity index (χ0v) is 25.1. The molecule has 0 radical (unpaired) electrons. The van der Waals surface area contributed by atoms with Crippen molar-refractivity contribution >= 4 is 23.3 Å². The van der Waals surface area contributed by atoms with Crippen LogP contribution in [-0.4, -0.2) is 89.2 Å². The Kier molecular flexibility index (Phi) is 8.10. The van der Waals surface area contributed by atoms with E-state index in [9.17, 15) is 5.11 Å². The Morgan fingerprint density at radius 2 is 1.88 bits per heavy atom. The van der Waals surface area contributed by atoms with E-state index >= 15 is 0 Å². The number of pyridine rings is 1. The number of halogens is 1. The van der Waals surface area contributed by atoms with Crippen LogP contribution in [0, 0.1) is 5.92 Å². The number of nitrogens with one attached hydrogen (secondary N) is 1. The maximum atomic E-state index is 10.3. The molecule has 3 aliphatic heterocycles. The number of piperidine rings is 1. The molecule has 0 spiro atoms. The molecule has 2 unspecified atom stereocenters. The number of rotatable bonds is 8. The summed E-state index contributed by atoms with van der Waals surface area (Å²) in [7, 11) is 0. The first-order valence-electron chi connectivity index (χ1n) is 15.3. The average Bonchev–Trinajstić information content (AvgIpc) is 3.60. The first-order valence-corrected chi connectivity index (χ1v) is 15.7. The summed E-state index contributed by atoms with van der Waals surface area (Å²) in [5, 5.41) is 14.3. The highest BCUT2D eigenvalue weighted by atomic mass is 35.5. The van der Waals surface area contributed by atoms with Crippen LogP contribution in [0.5, 0.6) is 0 Å². The molecule has 4 aliphatic rings. The van der Waals surface area contributed by atoms with Crippen LogP contribution in [-0.2, 0) is 6.54 Å². The van der Waals surface area contributed by atoms with Gasteiger partial charge in [-0.15, -0.1) is 0 Å². The largest absolute Gasteiger partial charge is 0.390 e. The SMILES string of the molecule is CC[C@H]1CN(c2ncc(C3=NCCN3)cc2Cl)CCN1C1CCN(Cc2ccc(C3CC3C(C)(C)O)cc2)CC1. The molecule has 216 valence electrons. The number of nitrogens with zero attached hydrogens (tertiary/aromatic N) is 5. The molecule has 7 nitrogen and oxygen atoms in total. The number of hydrogen-bond acceptors (Lipinski definition) is 7. The van der Waals surface area contributed by atoms with Crippen molar-refractivity contribution in [1.29, 1.82) is 0 Å². The van der Waals surface area contributed by atoms with Gasteiger partial charge in [-0.1, -0.05) is 42.8 Å². The molecule has 0 amide bonds. The van der Waals surface area contributed by atoms with Crippen molar-refractivity contribution in [3.63, 3.8) is 0 Å². The fourth-order valence-electron chi connectivity index (χ4n) is 7.17. The van der Waals surface area contributed by atoms with Crippen molar-refractivity contribution in [2.75, 3.05) is 50.7 Å². The van der Waals surface area contributed by atoms with Gasteiger partial charge in [-0.05, 0) is 81.6 Å². The highest BCUT2D eigenvalue weighted by molar-refractivity contribution is 6.33. The van der Waals surface area contributed by atoms with E-state index in [4.69, 9.17) is 16.6 Å². The van der Waals surface area contributed by atoms with E-state index in [1.807, 2.05) is 26.1 Å². The molecule has 8 heteroatoms. The number of hydrogen-bond donors (Lipinski definition) is 2. The van der Waals surface area contributed by atoms with E-state index in [0.29, 0.717) is 28.9 Å². The molecule has 4 heterocycles. The van der Waals surface area contributed by atoms with Crippen LogP contribution in [0.3, 0.4) is 0 Å². The molecule has 1 aromatic carbocycles. The van der Waals surface area contributed by atoms with Crippen molar-refractivity contribution in [2.45, 2.75) is 76.6 Å². The second-order valence-corrected chi connectivity index (χ2v) is 13.2. The minimum atomic E-state index is -0.574. The molecule has 0 bridgehead atoms. The Morgan fingerprint density at radius 3 is 2.50 bits per heavy atom. The predicted molar refractivity (Wildman–Crippen MR) is 164 cm³/mol. The van der Waals surface area contributed by atoms with E-state index in [2.05, 4.69) is 56.2 Å². The molecular weight excluding hydrogens is 520 g/mol. The van der Waals surface area contributed by atoms with Gasteiger partial charge in [-0.2, -0.15) is 0 Å². The van der Waals surface area contributed by atoms with Crippen molar-refractivity contribution in [1.82, 2.24) is 20.1 Å². The summed E-state index contributed by atoms with van der Waals surface area (Å²) in [4.78, 5) is 17.0. The normalized spacial score (nSPS) is 26.6. The van der Waals surface area contributed by atoms with Gasteiger partial charge in [0.15, 0.2) is 0 Å². The lowest BCUT2D eigenvalue weighted by Gasteiger charge is -2.47. The number of benzene rings is 1. The van der Waals surface area contributed by atoms with Crippen LogP contribution in [0.1, 0.15) is 69.1 Å². The summed E-state index contributed by atoms with van der Waals surface area (Å²) in [6.45, 7) is 14.2. The van der Waals surface area contributed by atoms with Crippen LogP contribution in [0.4, 0.5) is 5.82 Å². The van der Waals surface area contributed by atoms with E-state index < -0.39 is 5.60 Å². The van der Waals surface area contributed by atoms with Gasteiger partial charge in [-0.3, -0.25) is 14.8 Å². The first kappa shape index (κ1) is 28.0. The standard InChI is InChI=1S/C32H45ClN6O/c1-4-25-21-38(31-29(33)17-24(19-36-31)30-34-11-12-35-30)15-16-39(25)26-9-13-37(14-10-26)20-22-5-7-23(8-6-22)27-18-28(27)32(2,3)40/h5-8,17,19,25-28,40H,4,9-16,18,20-21H2,1-3H3,(H,34,35)/t25-,27?,28?/m0/s1. The Bertz CT molecular complexity index is 1200. The molecule has 1 saturated carbocycles. The van der Waals surface area contributed by atoms with Crippen LogP contribution in [0.2, 0.25) is 5.02 Å². The van der Waals surface area contributed by atoms with E-state index in [0.717, 1.165) is 82.4 Å². The quantitative estimate of drug-likeness (QED) is 0.491. The van der Waals surface area contributed by atoms with Gasteiger partial charge >= 0.3 is 0 Å². The third-order valence-corrected chi connectivity index (χ3v) is 9.88. The number of aliphatic hydroxyl groups is 1. The molecule has 1 aromatic heterocycles. The minimum Gasteiger partial charge on any atom is -0.390 e.